The van der Waals surface area contributed by atoms with Crippen molar-refractivity contribution in [3.63, 3.8) is 0 Å². The van der Waals surface area contributed by atoms with E-state index in [0.29, 0.717) is 0 Å². The molecule has 1 rings (SSSR count). The van der Waals surface area contributed by atoms with Crippen LogP contribution in [-0.4, -0.2) is 18.0 Å². The van der Waals surface area contributed by atoms with Crippen LogP contribution in [0.25, 0.3) is 0 Å². The Bertz CT molecular complexity index is 525. The van der Waals surface area contributed by atoms with E-state index >= 15 is 0 Å². The minimum absolute atomic E-state index is 0.514. The molecule has 0 unspecified atom stereocenters. The second kappa shape index (κ2) is 3.42. The van der Waals surface area contributed by atoms with Gasteiger partial charge in [0.15, 0.2) is 0 Å². The van der Waals surface area contributed by atoms with Crippen molar-refractivity contribution in [3.8, 4) is 0 Å². The molecule has 0 aliphatic carbocycles. The first-order valence-electron chi connectivity index (χ1n) is 4.25. The first-order valence-corrected chi connectivity index (χ1v) is 5.79. The predicted octanol–water partition coefficient (Wildman–Crippen LogP) is -0.354. The SMILES string of the molecule is CC(C)(C)n1ccnc(S(N)(=O)=O)c1=O. The van der Waals surface area contributed by atoms with Gasteiger partial charge in [-0.25, -0.2) is 18.5 Å². The Morgan fingerprint density at radius 3 is 2.33 bits per heavy atom. The molecular formula is C8H13N3O3S. The van der Waals surface area contributed by atoms with Crippen LogP contribution in [0.15, 0.2) is 22.2 Å². The van der Waals surface area contributed by atoms with E-state index in [9.17, 15) is 13.2 Å². The Morgan fingerprint density at radius 1 is 1.40 bits per heavy atom. The second-order valence-electron chi connectivity index (χ2n) is 4.12. The lowest BCUT2D eigenvalue weighted by molar-refractivity contribution is 0.376. The first-order chi connectivity index (χ1) is 6.64. The Balaban J connectivity index is 3.59. The first kappa shape index (κ1) is 11.9. The molecular weight excluding hydrogens is 218 g/mol. The highest BCUT2D eigenvalue weighted by molar-refractivity contribution is 7.89. The zero-order valence-corrected chi connectivity index (χ0v) is 9.58. The lowest BCUT2D eigenvalue weighted by atomic mass is 10.1. The number of hydrogen-bond donors (Lipinski definition) is 1. The molecule has 0 fully saturated rings. The molecule has 1 heterocycles. The molecule has 0 saturated heterocycles. The number of hydrogen-bond acceptors (Lipinski definition) is 4. The fourth-order valence-electron chi connectivity index (χ4n) is 1.12. The van der Waals surface area contributed by atoms with Crippen LogP contribution in [-0.2, 0) is 15.6 Å². The molecule has 0 bridgehead atoms. The van der Waals surface area contributed by atoms with E-state index in [4.69, 9.17) is 5.14 Å². The van der Waals surface area contributed by atoms with E-state index < -0.39 is 26.1 Å². The van der Waals surface area contributed by atoms with Crippen molar-refractivity contribution in [1.82, 2.24) is 9.55 Å². The molecule has 0 aromatic carbocycles. The number of primary sulfonamides is 1. The summed E-state index contributed by atoms with van der Waals surface area (Å²) in [5.74, 6) is 0. The Hall–Kier alpha value is -1.21. The van der Waals surface area contributed by atoms with E-state index in [0.717, 1.165) is 0 Å². The summed E-state index contributed by atoms with van der Waals surface area (Å²) in [4.78, 5) is 15.2. The van der Waals surface area contributed by atoms with Gasteiger partial charge in [-0.05, 0) is 20.8 Å². The van der Waals surface area contributed by atoms with Crippen LogP contribution in [0.4, 0.5) is 0 Å². The van der Waals surface area contributed by atoms with E-state index in [-0.39, 0.29) is 0 Å². The summed E-state index contributed by atoms with van der Waals surface area (Å²) in [6.07, 6.45) is 2.67. The summed E-state index contributed by atoms with van der Waals surface area (Å²) in [5, 5.41) is 4.24. The summed E-state index contributed by atoms with van der Waals surface area (Å²) in [6, 6.07) is 0. The normalized spacial score (nSPS) is 12.8. The van der Waals surface area contributed by atoms with Crippen LogP contribution in [0.5, 0.6) is 0 Å². The van der Waals surface area contributed by atoms with Crippen molar-refractivity contribution in [2.75, 3.05) is 0 Å². The average molecular weight is 231 g/mol. The van der Waals surface area contributed by atoms with Crippen molar-refractivity contribution < 1.29 is 8.42 Å². The Kier molecular flexibility index (Phi) is 2.71. The van der Waals surface area contributed by atoms with Gasteiger partial charge in [0, 0.05) is 17.9 Å². The van der Waals surface area contributed by atoms with Gasteiger partial charge < -0.3 is 4.57 Å². The summed E-state index contributed by atoms with van der Waals surface area (Å²) in [6.45, 7) is 5.34. The minimum atomic E-state index is -4.06. The summed E-state index contributed by atoms with van der Waals surface area (Å²) in [5.41, 5.74) is -1.22. The molecule has 2 N–H and O–H groups in total. The van der Waals surface area contributed by atoms with E-state index in [2.05, 4.69) is 4.98 Å². The highest BCUT2D eigenvalue weighted by Gasteiger charge is 2.21. The van der Waals surface area contributed by atoms with Crippen molar-refractivity contribution in [1.29, 1.82) is 0 Å². The molecule has 7 heteroatoms. The number of rotatable bonds is 1. The quantitative estimate of drug-likeness (QED) is 0.714. The third-order valence-electron chi connectivity index (χ3n) is 1.80. The summed E-state index contributed by atoms with van der Waals surface area (Å²) < 4.78 is 23.3. The third-order valence-corrected chi connectivity index (χ3v) is 2.62. The van der Waals surface area contributed by atoms with Gasteiger partial charge in [-0.3, -0.25) is 4.79 Å². The number of nitrogens with two attached hydrogens (primary N) is 1. The molecule has 0 spiro atoms. The highest BCUT2D eigenvalue weighted by atomic mass is 32.2. The standard InChI is InChI=1S/C8H13N3O3S/c1-8(2,3)11-5-4-10-6(7(11)12)15(9,13)14/h4-5H,1-3H3,(H2,9,13,14). The molecule has 0 saturated carbocycles. The maximum Gasteiger partial charge on any atom is 0.290 e. The fourth-order valence-corrected chi connectivity index (χ4v) is 1.67. The lowest BCUT2D eigenvalue weighted by Gasteiger charge is -2.21. The molecule has 15 heavy (non-hydrogen) atoms. The molecule has 6 nitrogen and oxygen atoms in total. The molecule has 0 atom stereocenters. The monoisotopic (exact) mass is 231 g/mol. The van der Waals surface area contributed by atoms with Gasteiger partial charge in [-0.2, -0.15) is 0 Å². The molecule has 0 amide bonds. The molecule has 0 aliphatic heterocycles. The predicted molar refractivity (Wildman–Crippen MR) is 54.9 cm³/mol. The Morgan fingerprint density at radius 2 is 1.93 bits per heavy atom. The topological polar surface area (TPSA) is 95.1 Å². The van der Waals surface area contributed by atoms with Crippen LogP contribution in [0.3, 0.4) is 0 Å². The fraction of sp³-hybridized carbons (Fsp3) is 0.500. The van der Waals surface area contributed by atoms with Gasteiger partial charge >= 0.3 is 0 Å². The van der Waals surface area contributed by atoms with Gasteiger partial charge in [-0.15, -0.1) is 0 Å². The lowest BCUT2D eigenvalue weighted by Crippen LogP contribution is -2.37. The molecule has 0 aliphatic rings. The van der Waals surface area contributed by atoms with Gasteiger partial charge in [0.25, 0.3) is 15.6 Å². The van der Waals surface area contributed by atoms with Crippen LogP contribution in [0.2, 0.25) is 0 Å². The molecule has 1 aromatic heterocycles. The van der Waals surface area contributed by atoms with E-state index in [1.54, 1.807) is 20.8 Å². The van der Waals surface area contributed by atoms with Gasteiger partial charge in [-0.1, -0.05) is 0 Å². The summed E-state index contributed by atoms with van der Waals surface area (Å²) in [7, 11) is -4.06. The van der Waals surface area contributed by atoms with Crippen molar-refractivity contribution >= 4 is 10.0 Å². The summed E-state index contributed by atoms with van der Waals surface area (Å²) >= 11 is 0. The smallest absolute Gasteiger partial charge is 0.290 e. The number of aromatic nitrogens is 2. The van der Waals surface area contributed by atoms with E-state index in [1.807, 2.05) is 0 Å². The van der Waals surface area contributed by atoms with Crippen LogP contribution in [0, 0.1) is 0 Å². The molecule has 84 valence electrons. The maximum atomic E-state index is 11.7. The minimum Gasteiger partial charge on any atom is -0.306 e. The molecule has 0 radical (unpaired) electrons. The molecule has 1 aromatic rings. The number of nitrogens with zero attached hydrogens (tertiary/aromatic N) is 2. The third kappa shape index (κ3) is 2.42. The Labute approximate surface area is 87.8 Å². The van der Waals surface area contributed by atoms with Crippen molar-refractivity contribution in [2.45, 2.75) is 31.3 Å². The van der Waals surface area contributed by atoms with E-state index in [1.165, 1.54) is 17.0 Å². The van der Waals surface area contributed by atoms with Crippen LogP contribution >= 0.6 is 0 Å². The van der Waals surface area contributed by atoms with Crippen LogP contribution < -0.4 is 10.7 Å². The van der Waals surface area contributed by atoms with Crippen molar-refractivity contribution in [3.05, 3.63) is 22.7 Å². The maximum absolute atomic E-state index is 11.7. The van der Waals surface area contributed by atoms with Gasteiger partial charge in [0.2, 0.25) is 5.03 Å². The van der Waals surface area contributed by atoms with Gasteiger partial charge in [0.05, 0.1) is 0 Å². The van der Waals surface area contributed by atoms with Crippen LogP contribution in [0.1, 0.15) is 20.8 Å². The average Bonchev–Trinajstić information content (AvgIpc) is 1.99. The highest BCUT2D eigenvalue weighted by Crippen LogP contribution is 2.10. The second-order valence-corrected chi connectivity index (χ2v) is 5.60. The number of sulfonamides is 1. The van der Waals surface area contributed by atoms with Crippen molar-refractivity contribution in [2.24, 2.45) is 5.14 Å². The largest absolute Gasteiger partial charge is 0.306 e. The zero-order chi connectivity index (χ0) is 11.9. The zero-order valence-electron chi connectivity index (χ0n) is 8.76. The van der Waals surface area contributed by atoms with Gasteiger partial charge in [0.1, 0.15) is 0 Å².